The van der Waals surface area contributed by atoms with Gasteiger partial charge in [0.05, 0.1) is 31.0 Å². The molecule has 6 rings (SSSR count). The van der Waals surface area contributed by atoms with E-state index in [1.54, 1.807) is 72.4 Å². The van der Waals surface area contributed by atoms with Gasteiger partial charge in [-0.2, -0.15) is 0 Å². The van der Waals surface area contributed by atoms with Crippen LogP contribution in [-0.2, 0) is 4.79 Å². The molecule has 234 valence electrons. The smallest absolute Gasteiger partial charge is 0.272 e. The summed E-state index contributed by atoms with van der Waals surface area (Å²) in [4.78, 5) is 41.1. The van der Waals surface area contributed by atoms with E-state index in [4.69, 9.17) is 9.47 Å². The first-order chi connectivity index (χ1) is 22.9. The molecule has 1 aromatic heterocycles. The average molecular weight is 642 g/mol. The Morgan fingerprint density at radius 2 is 1.38 bits per heavy atom. The van der Waals surface area contributed by atoms with E-state index in [1.807, 2.05) is 66.7 Å². The molecular weight excluding hydrogens is 611 g/mol. The van der Waals surface area contributed by atoms with Crippen LogP contribution in [0.4, 0.5) is 5.69 Å². The highest BCUT2D eigenvalue weighted by Gasteiger charge is 2.18. The van der Waals surface area contributed by atoms with Gasteiger partial charge in [-0.05, 0) is 66.2 Å². The number of carbonyl (C=O) groups excluding carboxylic acids is 3. The maximum atomic E-state index is 13.6. The van der Waals surface area contributed by atoms with Crippen molar-refractivity contribution >= 4 is 63.1 Å². The number of rotatable bonds is 10. The molecule has 0 radical (unpaired) electrons. The third kappa shape index (κ3) is 6.90. The van der Waals surface area contributed by atoms with Crippen LogP contribution in [0.2, 0.25) is 0 Å². The van der Waals surface area contributed by atoms with Crippen LogP contribution in [0.1, 0.15) is 20.7 Å². The second-order valence-electron chi connectivity index (χ2n) is 10.5. The van der Waals surface area contributed by atoms with E-state index in [0.29, 0.717) is 28.3 Å². The first-order valence-electron chi connectivity index (χ1n) is 14.8. The minimum Gasteiger partial charge on any atom is -0.493 e. The molecule has 5 aromatic carbocycles. The van der Waals surface area contributed by atoms with Gasteiger partial charge >= 0.3 is 0 Å². The highest BCUT2D eigenvalue weighted by atomic mass is 32.2. The minimum atomic E-state index is -0.521. The number of fused-ring (bicyclic) bond motifs is 3. The molecule has 8 nitrogen and oxygen atoms in total. The number of thioether (sulfide) groups is 1. The monoisotopic (exact) mass is 641 g/mol. The van der Waals surface area contributed by atoms with E-state index in [9.17, 15) is 14.4 Å². The lowest BCUT2D eigenvalue weighted by atomic mass is 10.1. The standard InChI is InChI=1S/C38H31N3O5S/c1-45-34-20-19-25(22-35(34)46-2)21-31(40-37(43)26-11-4-3-5-12-26)38(44)39-27-13-10-14-28(23-27)47-24-36(42)41-32-17-8-6-15-29(32)30-16-7-9-18-33(30)41/h3-23H,24H2,1-2H3,(H,39,44)(H,40,43)/b31-21+. The summed E-state index contributed by atoms with van der Waals surface area (Å²) in [6, 6.07) is 36.9. The molecule has 1 heterocycles. The summed E-state index contributed by atoms with van der Waals surface area (Å²) in [5.41, 5.74) is 3.30. The number of nitrogens with zero attached hydrogens (tertiary/aromatic N) is 1. The van der Waals surface area contributed by atoms with Crippen LogP contribution in [-0.4, -0.2) is 42.3 Å². The zero-order valence-corrected chi connectivity index (χ0v) is 26.5. The van der Waals surface area contributed by atoms with Crippen LogP contribution >= 0.6 is 11.8 Å². The lowest BCUT2D eigenvalue weighted by Crippen LogP contribution is -2.30. The number of benzene rings is 5. The quantitative estimate of drug-likeness (QED) is 0.118. The van der Waals surface area contributed by atoms with Gasteiger partial charge in [-0.15, -0.1) is 11.8 Å². The molecule has 0 unspecified atom stereocenters. The van der Waals surface area contributed by atoms with Crippen molar-refractivity contribution in [3.05, 3.63) is 138 Å². The number of para-hydroxylation sites is 2. The number of methoxy groups -OCH3 is 2. The van der Waals surface area contributed by atoms with Gasteiger partial charge in [0, 0.05) is 26.9 Å². The summed E-state index contributed by atoms with van der Waals surface area (Å²) in [7, 11) is 3.07. The van der Waals surface area contributed by atoms with Crippen LogP contribution in [0, 0.1) is 0 Å². The minimum absolute atomic E-state index is 0.0330. The van der Waals surface area contributed by atoms with Crippen molar-refractivity contribution in [2.24, 2.45) is 0 Å². The fourth-order valence-electron chi connectivity index (χ4n) is 5.31. The van der Waals surface area contributed by atoms with Crippen LogP contribution < -0.4 is 20.1 Å². The van der Waals surface area contributed by atoms with E-state index >= 15 is 0 Å². The van der Waals surface area contributed by atoms with Crippen LogP contribution in [0.5, 0.6) is 11.5 Å². The fourth-order valence-corrected chi connectivity index (χ4v) is 6.12. The van der Waals surface area contributed by atoms with Crippen molar-refractivity contribution in [2.45, 2.75) is 4.90 Å². The molecule has 47 heavy (non-hydrogen) atoms. The third-order valence-corrected chi connectivity index (χ3v) is 8.51. The molecule has 6 aromatic rings. The van der Waals surface area contributed by atoms with Gasteiger partial charge in [-0.25, -0.2) is 0 Å². The van der Waals surface area contributed by atoms with Crippen molar-refractivity contribution in [1.29, 1.82) is 0 Å². The Morgan fingerprint density at radius 3 is 2.06 bits per heavy atom. The van der Waals surface area contributed by atoms with Crippen molar-refractivity contribution in [2.75, 3.05) is 25.3 Å². The van der Waals surface area contributed by atoms with Crippen molar-refractivity contribution in [3.63, 3.8) is 0 Å². The zero-order valence-electron chi connectivity index (χ0n) is 25.7. The summed E-state index contributed by atoms with van der Waals surface area (Å²) in [6.07, 6.45) is 1.57. The summed E-state index contributed by atoms with van der Waals surface area (Å²) in [5.74, 6) is 0.210. The summed E-state index contributed by atoms with van der Waals surface area (Å²) >= 11 is 1.38. The predicted octanol–water partition coefficient (Wildman–Crippen LogP) is 7.65. The Bertz CT molecular complexity index is 2090. The zero-order chi connectivity index (χ0) is 32.8. The lowest BCUT2D eigenvalue weighted by Gasteiger charge is -2.13. The molecular formula is C38H31N3O5S. The molecule has 0 aliphatic rings. The Labute approximate surface area is 276 Å². The van der Waals surface area contributed by atoms with Gasteiger partial charge in [-0.1, -0.05) is 66.7 Å². The van der Waals surface area contributed by atoms with Gasteiger partial charge in [0.15, 0.2) is 11.5 Å². The predicted molar refractivity (Wildman–Crippen MR) is 187 cm³/mol. The molecule has 0 bridgehead atoms. The summed E-state index contributed by atoms with van der Waals surface area (Å²) < 4.78 is 12.5. The van der Waals surface area contributed by atoms with E-state index in [-0.39, 0.29) is 17.4 Å². The molecule has 0 aliphatic carbocycles. The molecule has 9 heteroatoms. The molecule has 2 N–H and O–H groups in total. The van der Waals surface area contributed by atoms with Gasteiger partial charge in [0.2, 0.25) is 5.91 Å². The van der Waals surface area contributed by atoms with Crippen molar-refractivity contribution in [1.82, 2.24) is 9.88 Å². The number of aromatic nitrogens is 1. The van der Waals surface area contributed by atoms with E-state index in [1.165, 1.54) is 18.9 Å². The van der Waals surface area contributed by atoms with E-state index < -0.39 is 11.8 Å². The van der Waals surface area contributed by atoms with E-state index in [0.717, 1.165) is 26.7 Å². The molecule has 0 atom stereocenters. The van der Waals surface area contributed by atoms with Gasteiger partial charge < -0.3 is 20.1 Å². The second-order valence-corrected chi connectivity index (χ2v) is 11.6. The molecule has 0 spiro atoms. The Kier molecular flexibility index (Phi) is 9.36. The Morgan fingerprint density at radius 1 is 0.723 bits per heavy atom. The van der Waals surface area contributed by atoms with Crippen molar-refractivity contribution < 1.29 is 23.9 Å². The Hall–Kier alpha value is -5.80. The number of amides is 2. The average Bonchev–Trinajstić information content (AvgIpc) is 3.45. The van der Waals surface area contributed by atoms with Crippen LogP contribution in [0.3, 0.4) is 0 Å². The highest BCUT2D eigenvalue weighted by Crippen LogP contribution is 2.31. The lowest BCUT2D eigenvalue weighted by molar-refractivity contribution is -0.113. The molecule has 0 saturated carbocycles. The van der Waals surface area contributed by atoms with Crippen LogP contribution in [0.25, 0.3) is 27.9 Å². The van der Waals surface area contributed by atoms with E-state index in [2.05, 4.69) is 10.6 Å². The van der Waals surface area contributed by atoms with Gasteiger partial charge in [0.25, 0.3) is 11.8 Å². The number of hydrogen-bond donors (Lipinski definition) is 2. The van der Waals surface area contributed by atoms with Crippen LogP contribution in [0.15, 0.2) is 132 Å². The van der Waals surface area contributed by atoms with Gasteiger partial charge in [-0.3, -0.25) is 19.0 Å². The summed E-state index contributed by atoms with van der Waals surface area (Å²) in [6.45, 7) is 0. The topological polar surface area (TPSA) is 98.7 Å². The molecule has 0 fully saturated rings. The van der Waals surface area contributed by atoms with Gasteiger partial charge in [0.1, 0.15) is 5.70 Å². The SMILES string of the molecule is COc1ccc(/C=C(/NC(=O)c2ccccc2)C(=O)Nc2cccc(SCC(=O)n3c4ccccc4c4ccccc43)c2)cc1OC. The molecule has 2 amide bonds. The molecule has 0 aliphatic heterocycles. The first kappa shape index (κ1) is 31.2. The number of nitrogens with one attached hydrogen (secondary N) is 2. The number of anilines is 1. The second kappa shape index (κ2) is 14.1. The van der Waals surface area contributed by atoms with Crippen molar-refractivity contribution in [3.8, 4) is 11.5 Å². The molecule has 0 saturated heterocycles. The normalized spacial score (nSPS) is 11.3. The maximum absolute atomic E-state index is 13.6. The Balaban J connectivity index is 1.22. The largest absolute Gasteiger partial charge is 0.493 e. The first-order valence-corrected chi connectivity index (χ1v) is 15.8. The fraction of sp³-hybridized carbons (Fsp3) is 0.0789. The summed E-state index contributed by atoms with van der Waals surface area (Å²) in [5, 5.41) is 7.71. The highest BCUT2D eigenvalue weighted by molar-refractivity contribution is 8.00. The number of ether oxygens (including phenoxy) is 2. The third-order valence-electron chi connectivity index (χ3n) is 7.53. The number of carbonyl (C=O) groups is 3. The maximum Gasteiger partial charge on any atom is 0.272 e. The number of hydrogen-bond acceptors (Lipinski definition) is 6.